The van der Waals surface area contributed by atoms with E-state index in [0.717, 1.165) is 5.69 Å². The van der Waals surface area contributed by atoms with Gasteiger partial charge in [0.15, 0.2) is 0 Å². The Labute approximate surface area is 104 Å². The highest BCUT2D eigenvalue weighted by Gasteiger charge is 2.15. The van der Waals surface area contributed by atoms with Gasteiger partial charge in [-0.05, 0) is 25.1 Å². The Morgan fingerprint density at radius 2 is 2.28 bits per heavy atom. The maximum atomic E-state index is 10.9. The number of aromatic nitrogens is 1. The van der Waals surface area contributed by atoms with E-state index in [2.05, 4.69) is 16.2 Å². The van der Waals surface area contributed by atoms with E-state index >= 15 is 0 Å². The summed E-state index contributed by atoms with van der Waals surface area (Å²) in [6, 6.07) is 6.44. The van der Waals surface area contributed by atoms with Crippen molar-refractivity contribution < 1.29 is 4.92 Å². The second-order valence-corrected chi connectivity index (χ2v) is 3.82. The lowest BCUT2D eigenvalue weighted by Gasteiger charge is -2.11. The number of non-ortho nitro benzene ring substituents is 1. The summed E-state index contributed by atoms with van der Waals surface area (Å²) < 4.78 is 0. The van der Waals surface area contributed by atoms with E-state index in [1.807, 2.05) is 6.92 Å². The van der Waals surface area contributed by atoms with Crippen molar-refractivity contribution in [3.05, 3.63) is 40.6 Å². The minimum Gasteiger partial charge on any atom is -0.371 e. The second kappa shape index (κ2) is 4.72. The van der Waals surface area contributed by atoms with Crippen LogP contribution < -0.4 is 5.32 Å². The van der Waals surface area contributed by atoms with Gasteiger partial charge < -0.3 is 5.32 Å². The average molecular weight is 241 g/mol. The van der Waals surface area contributed by atoms with E-state index in [0.29, 0.717) is 10.9 Å². The van der Waals surface area contributed by atoms with E-state index in [1.54, 1.807) is 18.2 Å². The normalized spacial score (nSPS) is 11.8. The van der Waals surface area contributed by atoms with Gasteiger partial charge in [0.1, 0.15) is 5.52 Å². The van der Waals surface area contributed by atoms with E-state index in [4.69, 9.17) is 6.42 Å². The molecule has 18 heavy (non-hydrogen) atoms. The van der Waals surface area contributed by atoms with Gasteiger partial charge in [-0.1, -0.05) is 5.92 Å². The standard InChI is InChI=1S/C13H11N3O2/c1-3-9(2)15-11-6-7-12(16(17)18)13-10(11)5-4-8-14-13/h1,4-9,15H,2H3. The van der Waals surface area contributed by atoms with Gasteiger partial charge in [0.05, 0.1) is 11.0 Å². The van der Waals surface area contributed by atoms with E-state index in [1.165, 1.54) is 12.3 Å². The lowest BCUT2D eigenvalue weighted by atomic mass is 10.1. The molecule has 1 aromatic carbocycles. The summed E-state index contributed by atoms with van der Waals surface area (Å²) in [7, 11) is 0. The van der Waals surface area contributed by atoms with Crippen molar-refractivity contribution in [2.75, 3.05) is 5.32 Å². The van der Waals surface area contributed by atoms with E-state index in [-0.39, 0.29) is 11.7 Å². The van der Waals surface area contributed by atoms with Crippen LogP contribution in [0.15, 0.2) is 30.5 Å². The number of hydrogen-bond acceptors (Lipinski definition) is 4. The first kappa shape index (κ1) is 11.9. The summed E-state index contributed by atoms with van der Waals surface area (Å²) in [6.45, 7) is 1.84. The zero-order valence-electron chi connectivity index (χ0n) is 9.75. The maximum absolute atomic E-state index is 10.9. The van der Waals surface area contributed by atoms with Gasteiger partial charge in [-0.25, -0.2) is 4.98 Å². The summed E-state index contributed by atoms with van der Waals surface area (Å²) in [5.74, 6) is 2.55. The Bertz CT molecular complexity index is 646. The molecule has 0 fully saturated rings. The fraction of sp³-hybridized carbons (Fsp3) is 0.154. The number of nitrogens with one attached hydrogen (secondary N) is 1. The molecular weight excluding hydrogens is 230 g/mol. The Balaban J connectivity index is 2.61. The molecule has 90 valence electrons. The van der Waals surface area contributed by atoms with Crippen LogP contribution >= 0.6 is 0 Å². The molecule has 0 saturated carbocycles. The molecule has 0 aliphatic carbocycles. The minimum atomic E-state index is -0.441. The van der Waals surface area contributed by atoms with Crippen LogP contribution in [0.3, 0.4) is 0 Å². The van der Waals surface area contributed by atoms with Gasteiger partial charge in [-0.15, -0.1) is 6.42 Å². The molecule has 2 aromatic rings. The van der Waals surface area contributed by atoms with Crippen LogP contribution in [0.5, 0.6) is 0 Å². The van der Waals surface area contributed by atoms with Crippen LogP contribution in [0.4, 0.5) is 11.4 Å². The van der Waals surface area contributed by atoms with Gasteiger partial charge in [0.25, 0.3) is 5.69 Å². The third-order valence-electron chi connectivity index (χ3n) is 2.57. The van der Waals surface area contributed by atoms with Gasteiger partial charge in [0.2, 0.25) is 0 Å². The van der Waals surface area contributed by atoms with Crippen molar-refractivity contribution in [2.24, 2.45) is 0 Å². The highest BCUT2D eigenvalue weighted by Crippen LogP contribution is 2.29. The zero-order valence-corrected chi connectivity index (χ0v) is 9.75. The van der Waals surface area contributed by atoms with Crippen molar-refractivity contribution in [3.8, 4) is 12.3 Å². The van der Waals surface area contributed by atoms with Crippen molar-refractivity contribution in [1.82, 2.24) is 4.98 Å². The van der Waals surface area contributed by atoms with Crippen LogP contribution in [-0.4, -0.2) is 15.9 Å². The molecule has 5 nitrogen and oxygen atoms in total. The number of nitro groups is 1. The number of nitrogens with zero attached hydrogens (tertiary/aromatic N) is 2. The zero-order chi connectivity index (χ0) is 13.1. The minimum absolute atomic E-state index is 0.00971. The summed E-state index contributed by atoms with van der Waals surface area (Å²) >= 11 is 0. The van der Waals surface area contributed by atoms with Gasteiger partial charge in [-0.2, -0.15) is 0 Å². The summed E-state index contributed by atoms with van der Waals surface area (Å²) in [6.07, 6.45) is 6.84. The molecular formula is C13H11N3O2. The molecule has 0 saturated heterocycles. The number of pyridine rings is 1. The monoisotopic (exact) mass is 241 g/mol. The molecule has 1 aromatic heterocycles. The smallest absolute Gasteiger partial charge is 0.295 e. The third kappa shape index (κ3) is 2.09. The van der Waals surface area contributed by atoms with Crippen LogP contribution in [0.25, 0.3) is 10.9 Å². The number of benzene rings is 1. The van der Waals surface area contributed by atoms with Crippen LogP contribution in [0, 0.1) is 22.5 Å². The van der Waals surface area contributed by atoms with Gasteiger partial charge >= 0.3 is 0 Å². The third-order valence-corrected chi connectivity index (χ3v) is 2.57. The summed E-state index contributed by atoms with van der Waals surface area (Å²) in [4.78, 5) is 14.5. The number of anilines is 1. The van der Waals surface area contributed by atoms with Crippen molar-refractivity contribution in [1.29, 1.82) is 0 Å². The van der Waals surface area contributed by atoms with Crippen molar-refractivity contribution >= 4 is 22.3 Å². The average Bonchev–Trinajstić information content (AvgIpc) is 2.38. The first-order chi connectivity index (χ1) is 8.63. The first-order valence-corrected chi connectivity index (χ1v) is 5.38. The molecule has 0 radical (unpaired) electrons. The Morgan fingerprint density at radius 3 is 2.94 bits per heavy atom. The molecule has 0 aliphatic rings. The Hall–Kier alpha value is -2.61. The topological polar surface area (TPSA) is 68.1 Å². The molecule has 1 unspecified atom stereocenters. The first-order valence-electron chi connectivity index (χ1n) is 5.38. The van der Waals surface area contributed by atoms with E-state index < -0.39 is 4.92 Å². The van der Waals surface area contributed by atoms with Gasteiger partial charge in [0, 0.05) is 23.3 Å². The molecule has 0 bridgehead atoms. The predicted octanol–water partition coefficient (Wildman–Crippen LogP) is 2.58. The maximum Gasteiger partial charge on any atom is 0.295 e. The van der Waals surface area contributed by atoms with Crippen molar-refractivity contribution in [3.63, 3.8) is 0 Å². The molecule has 1 atom stereocenters. The SMILES string of the molecule is C#CC(C)Nc1ccc([N+](=O)[O-])c2ncccc12. The predicted molar refractivity (Wildman–Crippen MR) is 70.3 cm³/mol. The fourth-order valence-electron chi connectivity index (χ4n) is 1.71. The number of nitro benzene ring substituents is 1. The quantitative estimate of drug-likeness (QED) is 0.509. The van der Waals surface area contributed by atoms with E-state index in [9.17, 15) is 10.1 Å². The van der Waals surface area contributed by atoms with Crippen LogP contribution in [0.1, 0.15) is 6.92 Å². The number of terminal acetylenes is 1. The Kier molecular flexibility index (Phi) is 3.11. The summed E-state index contributed by atoms with van der Waals surface area (Å²) in [5, 5.41) is 14.7. The molecule has 2 rings (SSSR count). The summed E-state index contributed by atoms with van der Waals surface area (Å²) in [5.41, 5.74) is 1.09. The number of rotatable bonds is 3. The Morgan fingerprint density at radius 1 is 1.50 bits per heavy atom. The van der Waals surface area contributed by atoms with Crippen LogP contribution in [0.2, 0.25) is 0 Å². The molecule has 0 amide bonds. The molecule has 1 N–H and O–H groups in total. The largest absolute Gasteiger partial charge is 0.371 e. The van der Waals surface area contributed by atoms with Crippen molar-refractivity contribution in [2.45, 2.75) is 13.0 Å². The fourth-order valence-corrected chi connectivity index (χ4v) is 1.71. The molecule has 0 aliphatic heterocycles. The second-order valence-electron chi connectivity index (χ2n) is 3.82. The van der Waals surface area contributed by atoms with Crippen LogP contribution in [-0.2, 0) is 0 Å². The number of hydrogen-bond donors (Lipinski definition) is 1. The highest BCUT2D eigenvalue weighted by molar-refractivity contribution is 5.97. The molecule has 0 spiro atoms. The highest BCUT2D eigenvalue weighted by atomic mass is 16.6. The lowest BCUT2D eigenvalue weighted by molar-refractivity contribution is -0.383. The molecule has 5 heteroatoms. The molecule has 1 heterocycles. The number of fused-ring (bicyclic) bond motifs is 1. The van der Waals surface area contributed by atoms with Gasteiger partial charge in [-0.3, -0.25) is 10.1 Å². The lowest BCUT2D eigenvalue weighted by Crippen LogP contribution is -2.12.